The summed E-state index contributed by atoms with van der Waals surface area (Å²) in [5.74, 6) is 1.93. The average molecular weight is 224 g/mol. The lowest BCUT2D eigenvalue weighted by molar-refractivity contribution is 0.289. The Balaban J connectivity index is 2.05. The molecule has 17 heavy (non-hydrogen) atoms. The largest absolute Gasteiger partial charge is 0.493 e. The number of fused-ring (bicyclic) bond motifs is 3. The summed E-state index contributed by atoms with van der Waals surface area (Å²) in [4.78, 5) is 0. The standard InChI is InChI=1S/C16H16O/c1-3-12-8-9-15-14(5-2-10-17-15)16(12)13(4-1)11-6-7-11/h1,3-4,8-9,11H,2,5-7,10H2. The molecule has 0 saturated heterocycles. The Hall–Kier alpha value is -1.50. The summed E-state index contributed by atoms with van der Waals surface area (Å²) in [6, 6.07) is 11.1. The van der Waals surface area contributed by atoms with E-state index in [-0.39, 0.29) is 0 Å². The lowest BCUT2D eigenvalue weighted by Crippen LogP contribution is -2.09. The van der Waals surface area contributed by atoms with Crippen molar-refractivity contribution >= 4 is 10.8 Å². The van der Waals surface area contributed by atoms with Crippen molar-refractivity contribution in [3.63, 3.8) is 0 Å². The molecule has 0 atom stereocenters. The molecular weight excluding hydrogens is 208 g/mol. The number of rotatable bonds is 1. The van der Waals surface area contributed by atoms with Crippen molar-refractivity contribution in [3.8, 4) is 5.75 Å². The van der Waals surface area contributed by atoms with E-state index in [1.807, 2.05) is 0 Å². The molecule has 1 heteroatoms. The van der Waals surface area contributed by atoms with Gasteiger partial charge in [-0.3, -0.25) is 0 Å². The van der Waals surface area contributed by atoms with Crippen LogP contribution in [0, 0.1) is 0 Å². The fraction of sp³-hybridized carbons (Fsp3) is 0.375. The second-order valence-electron chi connectivity index (χ2n) is 5.21. The predicted octanol–water partition coefficient (Wildman–Crippen LogP) is 4.04. The highest BCUT2D eigenvalue weighted by molar-refractivity contribution is 5.91. The van der Waals surface area contributed by atoms with E-state index in [2.05, 4.69) is 30.3 Å². The van der Waals surface area contributed by atoms with Gasteiger partial charge in [0.1, 0.15) is 5.75 Å². The summed E-state index contributed by atoms with van der Waals surface area (Å²) in [5.41, 5.74) is 3.01. The Morgan fingerprint density at radius 3 is 2.88 bits per heavy atom. The van der Waals surface area contributed by atoms with Crippen LogP contribution >= 0.6 is 0 Å². The topological polar surface area (TPSA) is 9.23 Å². The molecular formula is C16H16O. The van der Waals surface area contributed by atoms with Gasteiger partial charge in [0.05, 0.1) is 6.61 Å². The minimum Gasteiger partial charge on any atom is -0.493 e. The van der Waals surface area contributed by atoms with Crippen LogP contribution in [-0.4, -0.2) is 6.61 Å². The molecule has 4 rings (SSSR count). The zero-order valence-electron chi connectivity index (χ0n) is 9.91. The fourth-order valence-electron chi connectivity index (χ4n) is 3.01. The zero-order valence-corrected chi connectivity index (χ0v) is 9.91. The maximum atomic E-state index is 5.79. The summed E-state index contributed by atoms with van der Waals surface area (Å²) in [7, 11) is 0. The van der Waals surface area contributed by atoms with Crippen LogP contribution in [0.15, 0.2) is 30.3 Å². The molecule has 0 unspecified atom stereocenters. The average Bonchev–Trinajstić information content (AvgIpc) is 3.22. The minimum absolute atomic E-state index is 0.812. The van der Waals surface area contributed by atoms with Crippen LogP contribution in [0.1, 0.15) is 36.3 Å². The van der Waals surface area contributed by atoms with Crippen LogP contribution in [0.3, 0.4) is 0 Å². The summed E-state index contributed by atoms with van der Waals surface area (Å²) < 4.78 is 5.79. The molecule has 0 bridgehead atoms. The monoisotopic (exact) mass is 224 g/mol. The van der Waals surface area contributed by atoms with Gasteiger partial charge in [0, 0.05) is 5.56 Å². The van der Waals surface area contributed by atoms with Gasteiger partial charge in [0.25, 0.3) is 0 Å². The molecule has 1 heterocycles. The quantitative estimate of drug-likeness (QED) is 0.710. The van der Waals surface area contributed by atoms with E-state index in [4.69, 9.17) is 4.74 Å². The number of benzene rings is 2. The Morgan fingerprint density at radius 1 is 1.06 bits per heavy atom. The Kier molecular flexibility index (Phi) is 1.96. The van der Waals surface area contributed by atoms with Crippen molar-refractivity contribution in [2.45, 2.75) is 31.6 Å². The molecule has 1 aliphatic heterocycles. The van der Waals surface area contributed by atoms with Gasteiger partial charge in [-0.25, -0.2) is 0 Å². The van der Waals surface area contributed by atoms with Crippen molar-refractivity contribution in [3.05, 3.63) is 41.5 Å². The number of aryl methyl sites for hydroxylation is 1. The van der Waals surface area contributed by atoms with E-state index in [0.717, 1.165) is 24.7 Å². The molecule has 0 radical (unpaired) electrons. The first-order valence-electron chi connectivity index (χ1n) is 6.61. The molecule has 1 nitrogen and oxygen atoms in total. The van der Waals surface area contributed by atoms with Gasteiger partial charge < -0.3 is 4.74 Å². The van der Waals surface area contributed by atoms with Crippen molar-refractivity contribution in [1.82, 2.24) is 0 Å². The number of ether oxygens (including phenoxy) is 1. The van der Waals surface area contributed by atoms with E-state index < -0.39 is 0 Å². The Morgan fingerprint density at radius 2 is 2.00 bits per heavy atom. The van der Waals surface area contributed by atoms with Crippen LogP contribution in [-0.2, 0) is 6.42 Å². The van der Waals surface area contributed by atoms with Gasteiger partial charge in [0.15, 0.2) is 0 Å². The molecule has 0 amide bonds. The summed E-state index contributed by atoms with van der Waals surface area (Å²) in [5, 5.41) is 2.88. The van der Waals surface area contributed by atoms with E-state index in [9.17, 15) is 0 Å². The highest BCUT2D eigenvalue weighted by Gasteiger charge is 2.27. The molecule has 0 spiro atoms. The Labute approximate surface area is 101 Å². The highest BCUT2D eigenvalue weighted by atomic mass is 16.5. The minimum atomic E-state index is 0.812. The maximum absolute atomic E-state index is 5.79. The van der Waals surface area contributed by atoms with E-state index >= 15 is 0 Å². The third-order valence-electron chi connectivity index (χ3n) is 3.99. The lowest BCUT2D eigenvalue weighted by Gasteiger charge is -2.20. The van der Waals surface area contributed by atoms with Gasteiger partial charge in [-0.2, -0.15) is 0 Å². The maximum Gasteiger partial charge on any atom is 0.123 e. The van der Waals surface area contributed by atoms with Crippen molar-refractivity contribution < 1.29 is 4.74 Å². The number of hydrogen-bond acceptors (Lipinski definition) is 1. The van der Waals surface area contributed by atoms with Crippen LogP contribution in [0.25, 0.3) is 10.8 Å². The van der Waals surface area contributed by atoms with Crippen molar-refractivity contribution in [1.29, 1.82) is 0 Å². The van der Waals surface area contributed by atoms with Crippen LogP contribution in [0.5, 0.6) is 5.75 Å². The molecule has 1 saturated carbocycles. The molecule has 1 fully saturated rings. The molecule has 2 aromatic rings. The summed E-state index contributed by atoms with van der Waals surface area (Å²) >= 11 is 0. The van der Waals surface area contributed by atoms with Gasteiger partial charge in [-0.15, -0.1) is 0 Å². The van der Waals surface area contributed by atoms with Gasteiger partial charge in [-0.05, 0) is 54.0 Å². The van der Waals surface area contributed by atoms with Gasteiger partial charge in [0.2, 0.25) is 0 Å². The van der Waals surface area contributed by atoms with E-state index in [1.165, 1.54) is 35.6 Å². The highest BCUT2D eigenvalue weighted by Crippen LogP contribution is 2.45. The van der Waals surface area contributed by atoms with Crippen LogP contribution in [0.2, 0.25) is 0 Å². The second-order valence-corrected chi connectivity index (χ2v) is 5.21. The molecule has 0 aromatic heterocycles. The smallest absolute Gasteiger partial charge is 0.123 e. The first-order valence-corrected chi connectivity index (χ1v) is 6.61. The number of hydrogen-bond donors (Lipinski definition) is 0. The van der Waals surface area contributed by atoms with Gasteiger partial charge in [-0.1, -0.05) is 24.3 Å². The summed E-state index contributed by atoms with van der Waals surface area (Å²) in [6.45, 7) is 0.879. The fourth-order valence-corrected chi connectivity index (χ4v) is 3.01. The molecule has 1 aliphatic carbocycles. The van der Waals surface area contributed by atoms with Crippen molar-refractivity contribution in [2.75, 3.05) is 6.61 Å². The normalized spacial score (nSPS) is 18.8. The first-order chi connectivity index (χ1) is 8.43. The molecule has 2 aliphatic rings. The third-order valence-corrected chi connectivity index (χ3v) is 3.99. The molecule has 0 N–H and O–H groups in total. The SMILES string of the molecule is c1cc(C2CC2)c2c3c(ccc2c1)OCCC3. The third kappa shape index (κ3) is 1.45. The lowest BCUT2D eigenvalue weighted by atomic mass is 9.93. The zero-order chi connectivity index (χ0) is 11.2. The van der Waals surface area contributed by atoms with Crippen LogP contribution < -0.4 is 4.74 Å². The van der Waals surface area contributed by atoms with E-state index in [1.54, 1.807) is 5.56 Å². The van der Waals surface area contributed by atoms with Crippen molar-refractivity contribution in [2.24, 2.45) is 0 Å². The second kappa shape index (κ2) is 3.49. The van der Waals surface area contributed by atoms with Crippen LogP contribution in [0.4, 0.5) is 0 Å². The first kappa shape index (κ1) is 9.52. The Bertz CT molecular complexity index is 581. The van der Waals surface area contributed by atoms with E-state index in [0.29, 0.717) is 0 Å². The predicted molar refractivity (Wildman–Crippen MR) is 69.7 cm³/mol. The molecule has 86 valence electrons. The summed E-state index contributed by atoms with van der Waals surface area (Å²) in [6.07, 6.45) is 5.06. The molecule has 2 aromatic carbocycles. The van der Waals surface area contributed by atoms with Gasteiger partial charge >= 0.3 is 0 Å².